The third-order valence-corrected chi connectivity index (χ3v) is 4.83. The average Bonchev–Trinajstić information content (AvgIpc) is 3.08. The molecule has 7 heteroatoms. The van der Waals surface area contributed by atoms with E-state index in [1.165, 1.54) is 0 Å². The lowest BCUT2D eigenvalue weighted by molar-refractivity contribution is -0.115. The van der Waals surface area contributed by atoms with E-state index in [0.29, 0.717) is 34.5 Å². The number of benzene rings is 1. The molecule has 3 N–H and O–H groups in total. The SMILES string of the molecule is CCC(=O)Nc1cccc(-c2cnc3[nH]cc(C(=O)NC4CCC4)c3n2)c1. The predicted octanol–water partition coefficient (Wildman–Crippen LogP) is 3.26. The first kappa shape index (κ1) is 17.2. The fourth-order valence-corrected chi connectivity index (χ4v) is 3.02. The number of nitrogens with zero attached hydrogens (tertiary/aromatic N) is 2. The summed E-state index contributed by atoms with van der Waals surface area (Å²) >= 11 is 0. The molecular formula is C20H21N5O2. The number of amides is 2. The van der Waals surface area contributed by atoms with Crippen molar-refractivity contribution < 1.29 is 9.59 Å². The highest BCUT2D eigenvalue weighted by molar-refractivity contribution is 6.05. The van der Waals surface area contributed by atoms with E-state index in [4.69, 9.17) is 0 Å². The maximum Gasteiger partial charge on any atom is 0.255 e. The summed E-state index contributed by atoms with van der Waals surface area (Å²) in [5.74, 6) is -0.171. The van der Waals surface area contributed by atoms with Crippen LogP contribution in [0.5, 0.6) is 0 Å². The standard InChI is InChI=1S/C20H21N5O2/c1-2-17(26)23-14-8-3-5-12(9-14)16-11-22-19-18(25-16)15(10-21-19)20(27)24-13-6-4-7-13/h3,5,8-11,13H,2,4,6-7H2,1H3,(H,21,22)(H,23,26)(H,24,27). The van der Waals surface area contributed by atoms with Crippen LogP contribution in [0.15, 0.2) is 36.7 Å². The molecule has 2 amide bonds. The molecule has 3 aromatic rings. The second kappa shape index (κ2) is 7.19. The fraction of sp³-hybridized carbons (Fsp3) is 0.300. The molecule has 1 aliphatic rings. The third kappa shape index (κ3) is 3.53. The van der Waals surface area contributed by atoms with Crippen molar-refractivity contribution in [2.75, 3.05) is 5.32 Å². The number of aromatic amines is 1. The van der Waals surface area contributed by atoms with Gasteiger partial charge in [0.25, 0.3) is 5.91 Å². The van der Waals surface area contributed by atoms with Gasteiger partial charge >= 0.3 is 0 Å². The maximum absolute atomic E-state index is 12.5. The molecule has 1 aliphatic carbocycles. The average molecular weight is 363 g/mol. The molecule has 4 rings (SSSR count). The summed E-state index contributed by atoms with van der Waals surface area (Å²) in [7, 11) is 0. The Morgan fingerprint density at radius 3 is 2.89 bits per heavy atom. The van der Waals surface area contributed by atoms with Gasteiger partial charge in [0.1, 0.15) is 5.52 Å². The summed E-state index contributed by atoms with van der Waals surface area (Å²) in [6, 6.07) is 7.70. The zero-order chi connectivity index (χ0) is 18.8. The number of aromatic nitrogens is 3. The topological polar surface area (TPSA) is 99.8 Å². The summed E-state index contributed by atoms with van der Waals surface area (Å²) in [5.41, 5.74) is 3.80. The maximum atomic E-state index is 12.5. The molecule has 7 nitrogen and oxygen atoms in total. The van der Waals surface area contributed by atoms with E-state index in [9.17, 15) is 9.59 Å². The minimum absolute atomic E-state index is 0.0470. The van der Waals surface area contributed by atoms with E-state index < -0.39 is 0 Å². The molecule has 2 aromatic heterocycles. The van der Waals surface area contributed by atoms with E-state index in [-0.39, 0.29) is 17.9 Å². The molecule has 2 heterocycles. The Labute approximate surface area is 156 Å². The smallest absolute Gasteiger partial charge is 0.255 e. The van der Waals surface area contributed by atoms with Gasteiger partial charge < -0.3 is 15.6 Å². The Morgan fingerprint density at radius 1 is 1.30 bits per heavy atom. The van der Waals surface area contributed by atoms with Gasteiger partial charge in [-0.25, -0.2) is 9.97 Å². The van der Waals surface area contributed by atoms with E-state index in [2.05, 4.69) is 25.6 Å². The fourth-order valence-electron chi connectivity index (χ4n) is 3.02. The lowest BCUT2D eigenvalue weighted by Gasteiger charge is -2.26. The van der Waals surface area contributed by atoms with Crippen molar-refractivity contribution in [3.05, 3.63) is 42.2 Å². The van der Waals surface area contributed by atoms with Crippen molar-refractivity contribution in [1.29, 1.82) is 0 Å². The highest BCUT2D eigenvalue weighted by atomic mass is 16.2. The zero-order valence-corrected chi connectivity index (χ0v) is 15.1. The quantitative estimate of drug-likeness (QED) is 0.648. The lowest BCUT2D eigenvalue weighted by atomic mass is 9.93. The molecule has 1 saturated carbocycles. The van der Waals surface area contributed by atoms with Gasteiger partial charge in [-0.1, -0.05) is 19.1 Å². The van der Waals surface area contributed by atoms with Gasteiger partial charge in [-0.2, -0.15) is 0 Å². The normalized spacial score (nSPS) is 14.0. The minimum atomic E-state index is -0.124. The van der Waals surface area contributed by atoms with Crippen LogP contribution in [0.3, 0.4) is 0 Å². The number of rotatable bonds is 5. The van der Waals surface area contributed by atoms with Gasteiger partial charge in [-0.05, 0) is 31.4 Å². The minimum Gasteiger partial charge on any atom is -0.349 e. The molecule has 1 fully saturated rings. The molecule has 0 atom stereocenters. The predicted molar refractivity (Wildman–Crippen MR) is 103 cm³/mol. The van der Waals surface area contributed by atoms with Gasteiger partial charge in [0, 0.05) is 29.9 Å². The Kier molecular flexibility index (Phi) is 4.58. The van der Waals surface area contributed by atoms with Crippen molar-refractivity contribution in [3.63, 3.8) is 0 Å². The van der Waals surface area contributed by atoms with Crippen molar-refractivity contribution in [2.45, 2.75) is 38.6 Å². The summed E-state index contributed by atoms with van der Waals surface area (Å²) in [6.07, 6.45) is 6.95. The van der Waals surface area contributed by atoms with Gasteiger partial charge in [-0.15, -0.1) is 0 Å². The van der Waals surface area contributed by atoms with Crippen molar-refractivity contribution in [3.8, 4) is 11.3 Å². The van der Waals surface area contributed by atoms with Crippen LogP contribution >= 0.6 is 0 Å². The zero-order valence-electron chi connectivity index (χ0n) is 15.1. The second-order valence-corrected chi connectivity index (χ2v) is 6.74. The molecule has 0 aliphatic heterocycles. The molecule has 1 aromatic carbocycles. The van der Waals surface area contributed by atoms with E-state index in [0.717, 1.165) is 24.8 Å². The number of hydrogen-bond acceptors (Lipinski definition) is 4. The molecule has 138 valence electrons. The van der Waals surface area contributed by atoms with Gasteiger partial charge in [0.2, 0.25) is 5.91 Å². The summed E-state index contributed by atoms with van der Waals surface area (Å²) in [5, 5.41) is 5.87. The van der Waals surface area contributed by atoms with Crippen LogP contribution in [0.1, 0.15) is 43.0 Å². The Balaban J connectivity index is 1.64. The molecule has 0 saturated heterocycles. The van der Waals surface area contributed by atoms with Crippen LogP contribution in [0.2, 0.25) is 0 Å². The van der Waals surface area contributed by atoms with Crippen LogP contribution in [-0.2, 0) is 4.79 Å². The highest BCUT2D eigenvalue weighted by Gasteiger charge is 2.22. The number of fused-ring (bicyclic) bond motifs is 1. The summed E-state index contributed by atoms with van der Waals surface area (Å²) in [6.45, 7) is 1.81. The molecule has 0 unspecified atom stereocenters. The molecule has 0 radical (unpaired) electrons. The number of carbonyl (C=O) groups is 2. The van der Waals surface area contributed by atoms with Crippen LogP contribution in [0, 0.1) is 0 Å². The first-order valence-electron chi connectivity index (χ1n) is 9.19. The van der Waals surface area contributed by atoms with Crippen molar-refractivity contribution in [1.82, 2.24) is 20.3 Å². The Bertz CT molecular complexity index is 1010. The van der Waals surface area contributed by atoms with Crippen LogP contribution in [0.4, 0.5) is 5.69 Å². The van der Waals surface area contributed by atoms with Crippen molar-refractivity contribution >= 4 is 28.7 Å². The van der Waals surface area contributed by atoms with Crippen LogP contribution < -0.4 is 10.6 Å². The number of nitrogens with one attached hydrogen (secondary N) is 3. The Morgan fingerprint density at radius 2 is 2.15 bits per heavy atom. The van der Waals surface area contributed by atoms with E-state index in [1.54, 1.807) is 19.3 Å². The molecular weight excluding hydrogens is 342 g/mol. The molecule has 0 bridgehead atoms. The van der Waals surface area contributed by atoms with E-state index >= 15 is 0 Å². The number of hydrogen-bond donors (Lipinski definition) is 3. The molecule has 0 spiro atoms. The van der Waals surface area contributed by atoms with Gasteiger partial charge in [0.05, 0.1) is 17.5 Å². The summed E-state index contributed by atoms with van der Waals surface area (Å²) in [4.78, 5) is 36.2. The summed E-state index contributed by atoms with van der Waals surface area (Å²) < 4.78 is 0. The largest absolute Gasteiger partial charge is 0.349 e. The monoisotopic (exact) mass is 363 g/mol. The third-order valence-electron chi connectivity index (χ3n) is 4.83. The number of H-pyrrole nitrogens is 1. The van der Waals surface area contributed by atoms with Crippen LogP contribution in [-0.4, -0.2) is 32.8 Å². The highest BCUT2D eigenvalue weighted by Crippen LogP contribution is 2.24. The molecule has 27 heavy (non-hydrogen) atoms. The van der Waals surface area contributed by atoms with E-state index in [1.807, 2.05) is 24.3 Å². The van der Waals surface area contributed by atoms with Gasteiger partial charge in [0.15, 0.2) is 5.65 Å². The Hall–Kier alpha value is -3.22. The van der Waals surface area contributed by atoms with Gasteiger partial charge in [-0.3, -0.25) is 9.59 Å². The first-order chi connectivity index (χ1) is 13.1. The number of anilines is 1. The number of carbonyl (C=O) groups excluding carboxylic acids is 2. The lowest BCUT2D eigenvalue weighted by Crippen LogP contribution is -2.39. The first-order valence-corrected chi connectivity index (χ1v) is 9.19. The van der Waals surface area contributed by atoms with Crippen molar-refractivity contribution in [2.24, 2.45) is 0 Å². The van der Waals surface area contributed by atoms with Crippen LogP contribution in [0.25, 0.3) is 22.4 Å². The second-order valence-electron chi connectivity index (χ2n) is 6.74.